The lowest BCUT2D eigenvalue weighted by Gasteiger charge is -2.34. The predicted molar refractivity (Wildman–Crippen MR) is 61.2 cm³/mol. The van der Waals surface area contributed by atoms with E-state index < -0.39 is 12.4 Å². The van der Waals surface area contributed by atoms with Crippen LogP contribution in [0.1, 0.15) is 12.8 Å². The van der Waals surface area contributed by atoms with E-state index in [0.717, 1.165) is 0 Å². The summed E-state index contributed by atoms with van der Waals surface area (Å²) in [5, 5.41) is 10.9. The summed E-state index contributed by atoms with van der Waals surface area (Å²) in [6, 6.07) is 4.04. The number of nitrogens with one attached hydrogen (secondary N) is 1. The molecule has 3 rings (SSSR count). The van der Waals surface area contributed by atoms with Crippen LogP contribution in [0.25, 0.3) is 0 Å². The number of amides is 1. The third-order valence-corrected chi connectivity index (χ3v) is 3.10. The van der Waals surface area contributed by atoms with Crippen LogP contribution in [-0.2, 0) is 0 Å². The van der Waals surface area contributed by atoms with Crippen LogP contribution in [0.3, 0.4) is 0 Å². The molecule has 1 fully saturated rings. The van der Waals surface area contributed by atoms with E-state index in [4.69, 9.17) is 9.84 Å². The third kappa shape index (κ3) is 2.54. The molecular weight excluding hydrogens is 276 g/mol. The largest absolute Gasteiger partial charge is 0.586 e. The summed E-state index contributed by atoms with van der Waals surface area (Å²) in [5.74, 6) is 0.261. The van der Waals surface area contributed by atoms with Gasteiger partial charge in [-0.15, -0.1) is 8.78 Å². The smallest absolute Gasteiger partial charge is 0.490 e. The normalized spacial score (nSPS) is 25.7. The number of benzene rings is 1. The summed E-state index contributed by atoms with van der Waals surface area (Å²) in [5.41, 5.74) is 0. The van der Waals surface area contributed by atoms with Crippen LogP contribution in [-0.4, -0.2) is 29.6 Å². The molecule has 1 aliphatic heterocycles. The van der Waals surface area contributed by atoms with Crippen LogP contribution in [0.4, 0.5) is 13.6 Å². The molecule has 0 radical (unpaired) electrons. The molecule has 0 unspecified atom stereocenters. The maximum Gasteiger partial charge on any atom is 0.586 e. The number of hydrogen-bond acceptors (Lipinski definition) is 4. The lowest BCUT2D eigenvalue weighted by atomic mass is 9.89. The molecular formula is C12H11F2NO5. The zero-order valence-electron chi connectivity index (χ0n) is 10.1. The highest BCUT2D eigenvalue weighted by Gasteiger charge is 2.43. The van der Waals surface area contributed by atoms with E-state index in [9.17, 15) is 13.6 Å². The van der Waals surface area contributed by atoms with Crippen LogP contribution < -0.4 is 19.5 Å². The quantitative estimate of drug-likeness (QED) is 0.891. The van der Waals surface area contributed by atoms with Crippen molar-refractivity contribution in [1.29, 1.82) is 0 Å². The molecule has 1 aromatic carbocycles. The van der Waals surface area contributed by atoms with Crippen LogP contribution in [0.2, 0.25) is 0 Å². The van der Waals surface area contributed by atoms with Gasteiger partial charge in [0.05, 0.1) is 0 Å². The molecule has 2 N–H and O–H groups in total. The summed E-state index contributed by atoms with van der Waals surface area (Å²) in [6.07, 6.45) is -3.78. The number of rotatable bonds is 3. The highest BCUT2D eigenvalue weighted by atomic mass is 19.3. The van der Waals surface area contributed by atoms with Crippen LogP contribution in [0, 0.1) is 0 Å². The molecule has 6 nitrogen and oxygen atoms in total. The Balaban J connectivity index is 1.57. The Bertz CT molecular complexity index is 545. The van der Waals surface area contributed by atoms with Gasteiger partial charge in [0.2, 0.25) is 0 Å². The molecule has 1 heterocycles. The van der Waals surface area contributed by atoms with Crippen molar-refractivity contribution in [3.63, 3.8) is 0 Å². The maximum atomic E-state index is 12.8. The summed E-state index contributed by atoms with van der Waals surface area (Å²) in [4.78, 5) is 10.4. The molecule has 0 saturated heterocycles. The summed E-state index contributed by atoms with van der Waals surface area (Å²) < 4.78 is 39.8. The molecule has 0 aromatic heterocycles. The minimum Gasteiger partial charge on any atom is -0.490 e. The molecule has 1 aromatic rings. The van der Waals surface area contributed by atoms with Crippen molar-refractivity contribution >= 4 is 6.09 Å². The van der Waals surface area contributed by atoms with E-state index in [1.807, 2.05) is 0 Å². The van der Waals surface area contributed by atoms with Crippen molar-refractivity contribution in [2.75, 3.05) is 0 Å². The van der Waals surface area contributed by atoms with Gasteiger partial charge in [-0.05, 0) is 12.1 Å². The Morgan fingerprint density at radius 3 is 2.75 bits per heavy atom. The van der Waals surface area contributed by atoms with Gasteiger partial charge in [0.1, 0.15) is 11.9 Å². The average Bonchev–Trinajstić information content (AvgIpc) is 2.58. The fraction of sp³-hybridized carbons (Fsp3) is 0.417. The van der Waals surface area contributed by atoms with E-state index in [1.54, 1.807) is 0 Å². The molecule has 1 amide bonds. The van der Waals surface area contributed by atoms with E-state index in [0.29, 0.717) is 18.6 Å². The maximum absolute atomic E-state index is 12.8. The second kappa shape index (κ2) is 4.39. The summed E-state index contributed by atoms with van der Waals surface area (Å²) in [7, 11) is 0. The number of carboxylic acid groups (broad SMARTS) is 1. The van der Waals surface area contributed by atoms with Gasteiger partial charge in [-0.25, -0.2) is 4.79 Å². The Morgan fingerprint density at radius 1 is 1.35 bits per heavy atom. The van der Waals surface area contributed by atoms with Crippen molar-refractivity contribution in [1.82, 2.24) is 5.32 Å². The van der Waals surface area contributed by atoms with Crippen LogP contribution >= 0.6 is 0 Å². The van der Waals surface area contributed by atoms with Crippen LogP contribution in [0.15, 0.2) is 18.2 Å². The van der Waals surface area contributed by atoms with Gasteiger partial charge >= 0.3 is 12.4 Å². The molecule has 0 spiro atoms. The Hall–Kier alpha value is -2.25. The third-order valence-electron chi connectivity index (χ3n) is 3.10. The van der Waals surface area contributed by atoms with Gasteiger partial charge in [-0.1, -0.05) is 0 Å². The molecule has 0 atom stereocenters. The number of fused-ring (bicyclic) bond motifs is 1. The minimum absolute atomic E-state index is 0.0404. The summed E-state index contributed by atoms with van der Waals surface area (Å²) >= 11 is 0. The minimum atomic E-state index is -3.64. The van der Waals surface area contributed by atoms with Crippen molar-refractivity contribution in [3.05, 3.63) is 18.2 Å². The standard InChI is InChI=1S/C12H11F2NO5/c13-12(14)19-9-2-1-7(5-10(9)20-12)18-8-3-6(4-8)15-11(16)17/h1-2,5-6,8,15H,3-4H2,(H,16,17)/t6-,8-. The molecule has 0 bridgehead atoms. The second-order valence-electron chi connectivity index (χ2n) is 4.63. The first-order valence-corrected chi connectivity index (χ1v) is 5.97. The molecule has 20 heavy (non-hydrogen) atoms. The number of alkyl halides is 2. The first kappa shape index (κ1) is 12.8. The van der Waals surface area contributed by atoms with Crippen molar-refractivity contribution in [2.45, 2.75) is 31.3 Å². The van der Waals surface area contributed by atoms with Crippen molar-refractivity contribution < 1.29 is 32.9 Å². The zero-order chi connectivity index (χ0) is 14.3. The predicted octanol–water partition coefficient (Wildman–Crippen LogP) is 2.19. The Kier molecular flexibility index (Phi) is 2.81. The Labute approximate surface area is 112 Å². The first-order valence-electron chi connectivity index (χ1n) is 5.97. The number of halogens is 2. The van der Waals surface area contributed by atoms with Crippen molar-refractivity contribution in [3.8, 4) is 17.2 Å². The molecule has 1 saturated carbocycles. The van der Waals surface area contributed by atoms with Gasteiger partial charge in [0.15, 0.2) is 11.5 Å². The SMILES string of the molecule is O=C(O)N[C@H]1C[C@H](Oc2ccc3c(c2)OC(F)(F)O3)C1. The fourth-order valence-electron chi connectivity index (χ4n) is 2.15. The lowest BCUT2D eigenvalue weighted by molar-refractivity contribution is -0.286. The first-order chi connectivity index (χ1) is 9.41. The highest BCUT2D eigenvalue weighted by molar-refractivity contribution is 5.65. The molecule has 8 heteroatoms. The fourth-order valence-corrected chi connectivity index (χ4v) is 2.15. The topological polar surface area (TPSA) is 77.0 Å². The summed E-state index contributed by atoms with van der Waals surface area (Å²) in [6.45, 7) is 0. The number of hydrogen-bond donors (Lipinski definition) is 2. The molecule has 108 valence electrons. The van der Waals surface area contributed by atoms with Gasteiger partial charge < -0.3 is 24.6 Å². The van der Waals surface area contributed by atoms with Gasteiger partial charge in [0, 0.05) is 24.9 Å². The highest BCUT2D eigenvalue weighted by Crippen LogP contribution is 2.43. The van der Waals surface area contributed by atoms with E-state index in [-0.39, 0.29) is 23.6 Å². The molecule has 2 aliphatic rings. The van der Waals surface area contributed by atoms with Crippen molar-refractivity contribution in [2.24, 2.45) is 0 Å². The molecule has 1 aliphatic carbocycles. The Morgan fingerprint density at radius 2 is 2.05 bits per heavy atom. The zero-order valence-corrected chi connectivity index (χ0v) is 10.1. The monoisotopic (exact) mass is 287 g/mol. The average molecular weight is 287 g/mol. The van der Waals surface area contributed by atoms with E-state index in [1.165, 1.54) is 18.2 Å². The van der Waals surface area contributed by atoms with Gasteiger partial charge in [-0.3, -0.25) is 0 Å². The van der Waals surface area contributed by atoms with E-state index in [2.05, 4.69) is 14.8 Å². The van der Waals surface area contributed by atoms with Gasteiger partial charge in [0.25, 0.3) is 0 Å². The lowest BCUT2D eigenvalue weighted by Crippen LogP contribution is -2.48. The van der Waals surface area contributed by atoms with E-state index >= 15 is 0 Å². The second-order valence-corrected chi connectivity index (χ2v) is 4.63. The van der Waals surface area contributed by atoms with Gasteiger partial charge in [-0.2, -0.15) is 0 Å². The number of ether oxygens (including phenoxy) is 3. The number of carbonyl (C=O) groups is 1. The van der Waals surface area contributed by atoms with Crippen LogP contribution in [0.5, 0.6) is 17.2 Å².